The van der Waals surface area contributed by atoms with Crippen LogP contribution in [0.3, 0.4) is 0 Å². The van der Waals surface area contributed by atoms with Gasteiger partial charge < -0.3 is 14.6 Å². The average Bonchev–Trinajstić information content (AvgIpc) is 3.03. The number of β-amino-alcohol motifs (C(OH)–C–C–N with tert-alkyl or cyclic N) is 1. The summed E-state index contributed by atoms with van der Waals surface area (Å²) in [4.78, 5) is 6.76. The van der Waals surface area contributed by atoms with Crippen molar-refractivity contribution in [1.29, 1.82) is 0 Å². The Bertz CT molecular complexity index is 493. The first-order chi connectivity index (χ1) is 10.5. The van der Waals surface area contributed by atoms with Crippen molar-refractivity contribution in [3.63, 3.8) is 0 Å². The van der Waals surface area contributed by atoms with Gasteiger partial charge >= 0.3 is 0 Å². The number of hydrogen-bond acceptors (Lipinski definition) is 6. The second-order valence-corrected chi connectivity index (χ2v) is 7.74. The zero-order valence-electron chi connectivity index (χ0n) is 13.5. The van der Waals surface area contributed by atoms with E-state index in [-0.39, 0.29) is 17.8 Å². The number of thiazole rings is 1. The number of rotatable bonds is 5. The molecule has 1 N–H and O–H groups in total. The van der Waals surface area contributed by atoms with Crippen molar-refractivity contribution in [2.75, 3.05) is 26.2 Å². The third-order valence-electron chi connectivity index (χ3n) is 4.45. The van der Waals surface area contributed by atoms with Gasteiger partial charge in [0.1, 0.15) is 0 Å². The molecule has 124 valence electrons. The Labute approximate surface area is 136 Å². The van der Waals surface area contributed by atoms with Crippen LogP contribution in [0.5, 0.6) is 0 Å². The monoisotopic (exact) mass is 326 g/mol. The van der Waals surface area contributed by atoms with Crippen molar-refractivity contribution in [3.05, 3.63) is 16.1 Å². The molecule has 1 spiro atoms. The fourth-order valence-electron chi connectivity index (χ4n) is 3.59. The SMILES string of the molecule is Cc1nc(CO[C@@H]2CO[C@@]3(CCCN(C[C@@H](C)O)C3)C2)cs1. The minimum atomic E-state index is -0.281. The number of likely N-dealkylation sites (tertiary alicyclic amines) is 1. The van der Waals surface area contributed by atoms with Gasteiger partial charge in [-0.15, -0.1) is 11.3 Å². The van der Waals surface area contributed by atoms with Crippen LogP contribution in [-0.2, 0) is 16.1 Å². The molecule has 3 atom stereocenters. The second kappa shape index (κ2) is 6.93. The molecule has 1 aromatic heterocycles. The Morgan fingerprint density at radius 2 is 2.50 bits per heavy atom. The van der Waals surface area contributed by atoms with Gasteiger partial charge in [0.15, 0.2) is 0 Å². The van der Waals surface area contributed by atoms with Crippen molar-refractivity contribution in [3.8, 4) is 0 Å². The topological polar surface area (TPSA) is 54.8 Å². The molecule has 5 nitrogen and oxygen atoms in total. The molecule has 0 aromatic carbocycles. The van der Waals surface area contributed by atoms with Crippen molar-refractivity contribution in [2.24, 2.45) is 0 Å². The van der Waals surface area contributed by atoms with E-state index in [1.54, 1.807) is 11.3 Å². The van der Waals surface area contributed by atoms with Crippen LogP contribution < -0.4 is 0 Å². The molecule has 0 amide bonds. The van der Waals surface area contributed by atoms with Crippen molar-refractivity contribution in [2.45, 2.75) is 57.5 Å². The molecule has 2 fully saturated rings. The van der Waals surface area contributed by atoms with Crippen LogP contribution in [0.25, 0.3) is 0 Å². The van der Waals surface area contributed by atoms with Gasteiger partial charge in [-0.1, -0.05) is 0 Å². The summed E-state index contributed by atoms with van der Waals surface area (Å²) in [6.45, 7) is 7.80. The lowest BCUT2D eigenvalue weighted by molar-refractivity contribution is -0.0591. The maximum Gasteiger partial charge on any atom is 0.0901 e. The van der Waals surface area contributed by atoms with Crippen molar-refractivity contribution >= 4 is 11.3 Å². The summed E-state index contributed by atoms with van der Waals surface area (Å²) >= 11 is 1.66. The summed E-state index contributed by atoms with van der Waals surface area (Å²) in [7, 11) is 0. The third kappa shape index (κ3) is 4.06. The Morgan fingerprint density at radius 1 is 1.64 bits per heavy atom. The highest BCUT2D eigenvalue weighted by atomic mass is 32.1. The molecule has 2 aliphatic rings. The Balaban J connectivity index is 1.50. The zero-order chi connectivity index (χ0) is 15.6. The number of ether oxygens (including phenoxy) is 2. The number of aliphatic hydroxyl groups excluding tert-OH is 1. The van der Waals surface area contributed by atoms with Gasteiger partial charge in [0, 0.05) is 24.9 Å². The number of piperidine rings is 1. The van der Waals surface area contributed by atoms with Gasteiger partial charge in [0.2, 0.25) is 0 Å². The van der Waals surface area contributed by atoms with E-state index in [0.717, 1.165) is 49.6 Å². The largest absolute Gasteiger partial charge is 0.392 e. The minimum absolute atomic E-state index is 0.0736. The van der Waals surface area contributed by atoms with Gasteiger partial charge in [0.05, 0.1) is 41.7 Å². The highest BCUT2D eigenvalue weighted by Gasteiger charge is 2.43. The van der Waals surface area contributed by atoms with E-state index in [4.69, 9.17) is 9.47 Å². The fourth-order valence-corrected chi connectivity index (χ4v) is 4.19. The molecular weight excluding hydrogens is 300 g/mol. The van der Waals surface area contributed by atoms with Crippen LogP contribution in [0.2, 0.25) is 0 Å². The maximum atomic E-state index is 9.59. The van der Waals surface area contributed by atoms with E-state index in [9.17, 15) is 5.11 Å². The Hall–Kier alpha value is -0.530. The second-order valence-electron chi connectivity index (χ2n) is 6.68. The lowest BCUT2D eigenvalue weighted by Crippen LogP contribution is -2.49. The lowest BCUT2D eigenvalue weighted by atomic mass is 9.89. The normalized spacial score (nSPS) is 31.0. The molecule has 0 radical (unpaired) electrons. The number of nitrogens with zero attached hydrogens (tertiary/aromatic N) is 2. The summed E-state index contributed by atoms with van der Waals surface area (Å²) in [5.41, 5.74) is 0.943. The van der Waals surface area contributed by atoms with Crippen LogP contribution in [0.4, 0.5) is 0 Å². The van der Waals surface area contributed by atoms with Gasteiger partial charge in [0.25, 0.3) is 0 Å². The summed E-state index contributed by atoms with van der Waals surface area (Å²) in [5, 5.41) is 12.7. The first-order valence-corrected chi connectivity index (χ1v) is 9.00. The van der Waals surface area contributed by atoms with E-state index in [2.05, 4.69) is 15.3 Å². The standard InChI is InChI=1S/C16H26N2O3S/c1-12(19)7-18-5-3-4-16(11-18)6-15(9-21-16)20-8-14-10-22-13(2)17-14/h10,12,15,19H,3-9,11H2,1-2H3/t12-,15+,16+/m1/s1. The van der Waals surface area contributed by atoms with Crippen LogP contribution in [0, 0.1) is 6.92 Å². The van der Waals surface area contributed by atoms with Crippen molar-refractivity contribution in [1.82, 2.24) is 9.88 Å². The molecule has 22 heavy (non-hydrogen) atoms. The Morgan fingerprint density at radius 3 is 3.23 bits per heavy atom. The van der Waals surface area contributed by atoms with E-state index < -0.39 is 0 Å². The molecule has 6 heteroatoms. The average molecular weight is 326 g/mol. The minimum Gasteiger partial charge on any atom is -0.392 e. The van der Waals surface area contributed by atoms with Gasteiger partial charge in [-0.05, 0) is 33.2 Å². The van der Waals surface area contributed by atoms with Crippen LogP contribution in [0.1, 0.15) is 36.9 Å². The first-order valence-electron chi connectivity index (χ1n) is 8.12. The van der Waals surface area contributed by atoms with E-state index in [1.807, 2.05) is 13.8 Å². The van der Waals surface area contributed by atoms with Gasteiger partial charge in [-0.25, -0.2) is 4.98 Å². The van der Waals surface area contributed by atoms with Crippen LogP contribution in [0.15, 0.2) is 5.38 Å². The predicted molar refractivity (Wildman–Crippen MR) is 86.1 cm³/mol. The van der Waals surface area contributed by atoms with Gasteiger partial charge in [-0.3, -0.25) is 4.90 Å². The number of aromatic nitrogens is 1. The zero-order valence-corrected chi connectivity index (χ0v) is 14.3. The molecule has 0 unspecified atom stereocenters. The van der Waals surface area contributed by atoms with Crippen LogP contribution in [-0.4, -0.2) is 59.0 Å². The summed E-state index contributed by atoms with van der Waals surface area (Å²) in [5.74, 6) is 0. The first kappa shape index (κ1) is 16.3. The highest BCUT2D eigenvalue weighted by molar-refractivity contribution is 7.09. The molecule has 2 saturated heterocycles. The lowest BCUT2D eigenvalue weighted by Gasteiger charge is -2.40. The third-order valence-corrected chi connectivity index (χ3v) is 5.27. The van der Waals surface area contributed by atoms with E-state index in [1.165, 1.54) is 0 Å². The highest BCUT2D eigenvalue weighted by Crippen LogP contribution is 2.36. The number of aryl methyl sites for hydroxylation is 1. The predicted octanol–water partition coefficient (Wildman–Crippen LogP) is 1.97. The number of hydrogen-bond donors (Lipinski definition) is 1. The summed E-state index contributed by atoms with van der Waals surface area (Å²) < 4.78 is 12.1. The maximum absolute atomic E-state index is 9.59. The molecular formula is C16H26N2O3S. The molecule has 0 aliphatic carbocycles. The smallest absolute Gasteiger partial charge is 0.0901 e. The van der Waals surface area contributed by atoms with Crippen LogP contribution >= 0.6 is 11.3 Å². The Kier molecular flexibility index (Phi) is 5.14. The van der Waals surface area contributed by atoms with Gasteiger partial charge in [-0.2, -0.15) is 0 Å². The molecule has 0 saturated carbocycles. The molecule has 3 heterocycles. The molecule has 3 rings (SSSR count). The fraction of sp³-hybridized carbons (Fsp3) is 0.812. The van der Waals surface area contributed by atoms with E-state index in [0.29, 0.717) is 13.2 Å². The summed E-state index contributed by atoms with van der Waals surface area (Å²) in [6.07, 6.45) is 3.06. The number of aliphatic hydroxyl groups is 1. The molecule has 1 aromatic rings. The summed E-state index contributed by atoms with van der Waals surface area (Å²) in [6, 6.07) is 0. The molecule has 0 bridgehead atoms. The quantitative estimate of drug-likeness (QED) is 0.896. The molecule has 2 aliphatic heterocycles. The van der Waals surface area contributed by atoms with E-state index >= 15 is 0 Å². The van der Waals surface area contributed by atoms with Crippen molar-refractivity contribution < 1.29 is 14.6 Å².